The summed E-state index contributed by atoms with van der Waals surface area (Å²) in [6.45, 7) is 3.02. The summed E-state index contributed by atoms with van der Waals surface area (Å²) in [6.07, 6.45) is -3.79. The van der Waals surface area contributed by atoms with Gasteiger partial charge in [-0.1, -0.05) is 18.2 Å². The molecule has 0 radical (unpaired) electrons. The van der Waals surface area contributed by atoms with Gasteiger partial charge in [0.05, 0.1) is 24.3 Å². The second-order valence-corrected chi connectivity index (χ2v) is 7.15. The molecule has 154 valence electrons. The Hall–Kier alpha value is -2.13. The van der Waals surface area contributed by atoms with E-state index >= 15 is 0 Å². The predicted molar refractivity (Wildman–Crippen MR) is 105 cm³/mol. The van der Waals surface area contributed by atoms with E-state index in [4.69, 9.17) is 17.0 Å². The number of carbonyl (C=O) groups is 1. The Kier molecular flexibility index (Phi) is 7.06. The highest BCUT2D eigenvalue weighted by atomic mass is 32.1. The minimum Gasteiger partial charge on any atom is -0.466 e. The Morgan fingerprint density at radius 1 is 1.32 bits per heavy atom. The summed E-state index contributed by atoms with van der Waals surface area (Å²) in [6, 6.07) is 4.12. The van der Waals surface area contributed by atoms with Crippen LogP contribution < -0.4 is 5.32 Å². The van der Waals surface area contributed by atoms with Crippen molar-refractivity contribution in [3.8, 4) is 0 Å². The second-order valence-electron chi connectivity index (χ2n) is 6.77. The number of ether oxygens (including phenoxy) is 1. The molecular formula is C19H24F3N3O2S. The molecule has 1 aliphatic rings. The van der Waals surface area contributed by atoms with Gasteiger partial charge < -0.3 is 19.9 Å². The largest absolute Gasteiger partial charge is 0.466 e. The number of nitrogens with one attached hydrogen (secondary N) is 1. The maximum absolute atomic E-state index is 13.5. The first-order valence-electron chi connectivity index (χ1n) is 8.76. The van der Waals surface area contributed by atoms with E-state index in [0.29, 0.717) is 12.2 Å². The zero-order valence-corrected chi connectivity index (χ0v) is 17.1. The van der Waals surface area contributed by atoms with Crippen molar-refractivity contribution in [3.05, 3.63) is 46.7 Å². The van der Waals surface area contributed by atoms with Crippen molar-refractivity contribution >= 4 is 23.3 Å². The lowest BCUT2D eigenvalue weighted by Gasteiger charge is -2.38. The molecule has 0 amide bonds. The molecule has 1 atom stereocenters. The quantitative estimate of drug-likeness (QED) is 0.568. The maximum Gasteiger partial charge on any atom is 0.416 e. The summed E-state index contributed by atoms with van der Waals surface area (Å²) in [5.74, 6) is -0.688. The van der Waals surface area contributed by atoms with Crippen molar-refractivity contribution in [1.29, 1.82) is 0 Å². The average Bonchev–Trinajstić information content (AvgIpc) is 2.62. The summed E-state index contributed by atoms with van der Waals surface area (Å²) < 4.78 is 45.4. The van der Waals surface area contributed by atoms with Gasteiger partial charge in [-0.3, -0.25) is 0 Å². The molecule has 1 aliphatic heterocycles. The maximum atomic E-state index is 13.5. The molecule has 1 aromatic rings. The van der Waals surface area contributed by atoms with Crippen LogP contribution in [0.1, 0.15) is 30.5 Å². The molecule has 0 saturated carbocycles. The van der Waals surface area contributed by atoms with Crippen LogP contribution in [0, 0.1) is 0 Å². The van der Waals surface area contributed by atoms with E-state index in [2.05, 4.69) is 5.32 Å². The van der Waals surface area contributed by atoms with E-state index in [-0.39, 0.29) is 16.2 Å². The van der Waals surface area contributed by atoms with Crippen LogP contribution in [0.3, 0.4) is 0 Å². The SMILES string of the molecule is COC(=O)C1=C(C)N(CCCN(C)C)C(=S)N[C@H]1c1ccccc1C(F)(F)F. The summed E-state index contributed by atoms with van der Waals surface area (Å²) >= 11 is 5.41. The van der Waals surface area contributed by atoms with Crippen LogP contribution in [-0.4, -0.2) is 55.2 Å². The molecular weight excluding hydrogens is 391 g/mol. The smallest absolute Gasteiger partial charge is 0.416 e. The molecule has 0 unspecified atom stereocenters. The number of hydrogen-bond acceptors (Lipinski definition) is 4. The average molecular weight is 415 g/mol. The number of allylic oxidation sites excluding steroid dienone is 1. The van der Waals surface area contributed by atoms with E-state index in [1.165, 1.54) is 25.3 Å². The van der Waals surface area contributed by atoms with Crippen LogP contribution in [-0.2, 0) is 15.7 Å². The molecule has 1 heterocycles. The lowest BCUT2D eigenvalue weighted by molar-refractivity contribution is -0.139. The fourth-order valence-electron chi connectivity index (χ4n) is 3.21. The molecule has 0 fully saturated rings. The predicted octanol–water partition coefficient (Wildman–Crippen LogP) is 3.34. The summed E-state index contributed by atoms with van der Waals surface area (Å²) in [7, 11) is 5.09. The number of rotatable bonds is 6. The topological polar surface area (TPSA) is 44.8 Å². The van der Waals surface area contributed by atoms with Gasteiger partial charge >= 0.3 is 12.1 Å². The Balaban J connectivity index is 2.51. The molecule has 0 bridgehead atoms. The van der Waals surface area contributed by atoms with Crippen molar-refractivity contribution in [2.24, 2.45) is 0 Å². The van der Waals surface area contributed by atoms with Gasteiger partial charge in [-0.2, -0.15) is 13.2 Å². The fourth-order valence-corrected chi connectivity index (χ4v) is 3.56. The first-order chi connectivity index (χ1) is 13.1. The number of alkyl halides is 3. The highest BCUT2D eigenvalue weighted by Crippen LogP contribution is 2.39. The zero-order valence-electron chi connectivity index (χ0n) is 16.3. The number of halogens is 3. The molecule has 9 heteroatoms. The molecule has 28 heavy (non-hydrogen) atoms. The van der Waals surface area contributed by atoms with Gasteiger partial charge in [0.15, 0.2) is 5.11 Å². The van der Waals surface area contributed by atoms with Crippen LogP contribution >= 0.6 is 12.2 Å². The molecule has 0 saturated heterocycles. The summed E-state index contributed by atoms with van der Waals surface area (Å²) in [5, 5.41) is 3.20. The number of esters is 1. The highest BCUT2D eigenvalue weighted by molar-refractivity contribution is 7.80. The first kappa shape index (κ1) is 22.2. The third-order valence-corrected chi connectivity index (χ3v) is 4.90. The van der Waals surface area contributed by atoms with Gasteiger partial charge in [-0.05, 0) is 57.8 Å². The van der Waals surface area contributed by atoms with Crippen molar-refractivity contribution < 1.29 is 22.7 Å². The molecule has 1 aromatic carbocycles. The molecule has 5 nitrogen and oxygen atoms in total. The molecule has 1 N–H and O–H groups in total. The Bertz CT molecular complexity index is 778. The zero-order chi connectivity index (χ0) is 21.1. The van der Waals surface area contributed by atoms with Crippen LogP contribution in [0.2, 0.25) is 0 Å². The summed E-state index contributed by atoms with van der Waals surface area (Å²) in [5.41, 5.74) is -0.260. The van der Waals surface area contributed by atoms with E-state index in [1.807, 2.05) is 19.0 Å². The number of nitrogens with zero attached hydrogens (tertiary/aromatic N) is 2. The molecule has 0 spiro atoms. The van der Waals surface area contributed by atoms with E-state index < -0.39 is 23.8 Å². The Labute approximate surface area is 168 Å². The van der Waals surface area contributed by atoms with Crippen LogP contribution in [0.4, 0.5) is 13.2 Å². The van der Waals surface area contributed by atoms with E-state index in [1.54, 1.807) is 11.8 Å². The third kappa shape index (κ3) is 4.82. The second kappa shape index (κ2) is 8.91. The van der Waals surface area contributed by atoms with E-state index in [9.17, 15) is 18.0 Å². The number of hydrogen-bond donors (Lipinski definition) is 1. The molecule has 0 aromatic heterocycles. The number of benzene rings is 1. The van der Waals surface area contributed by atoms with Crippen molar-refractivity contribution in [3.63, 3.8) is 0 Å². The monoisotopic (exact) mass is 415 g/mol. The van der Waals surface area contributed by atoms with Gasteiger partial charge in [-0.15, -0.1) is 0 Å². The number of carbonyl (C=O) groups excluding carboxylic acids is 1. The van der Waals surface area contributed by atoms with Gasteiger partial charge in [0.2, 0.25) is 0 Å². The Morgan fingerprint density at radius 2 is 1.96 bits per heavy atom. The van der Waals surface area contributed by atoms with Gasteiger partial charge in [0.25, 0.3) is 0 Å². The lowest BCUT2D eigenvalue weighted by Crippen LogP contribution is -2.48. The van der Waals surface area contributed by atoms with Gasteiger partial charge in [0.1, 0.15) is 0 Å². The molecule has 0 aliphatic carbocycles. The van der Waals surface area contributed by atoms with Gasteiger partial charge in [0, 0.05) is 12.2 Å². The minimum absolute atomic E-state index is 0.0648. The van der Waals surface area contributed by atoms with Crippen LogP contribution in [0.25, 0.3) is 0 Å². The Morgan fingerprint density at radius 3 is 2.54 bits per heavy atom. The fraction of sp³-hybridized carbons (Fsp3) is 0.474. The molecule has 2 rings (SSSR count). The normalized spacial score (nSPS) is 17.8. The van der Waals surface area contributed by atoms with Crippen LogP contribution in [0.5, 0.6) is 0 Å². The summed E-state index contributed by atoms with van der Waals surface area (Å²) in [4.78, 5) is 16.2. The van der Waals surface area contributed by atoms with Crippen LogP contribution in [0.15, 0.2) is 35.5 Å². The lowest BCUT2D eigenvalue weighted by atomic mass is 9.91. The highest BCUT2D eigenvalue weighted by Gasteiger charge is 2.40. The van der Waals surface area contributed by atoms with Crippen molar-refractivity contribution in [1.82, 2.24) is 15.1 Å². The standard InChI is InChI=1S/C19H24F3N3O2S/c1-12-15(17(26)27-4)16(13-8-5-6-9-14(13)19(20,21)22)23-18(28)25(12)11-7-10-24(2)3/h5-6,8-9,16H,7,10-11H2,1-4H3,(H,23,28)/t16-/m0/s1. The van der Waals surface area contributed by atoms with Crippen molar-refractivity contribution in [2.45, 2.75) is 25.6 Å². The van der Waals surface area contributed by atoms with Crippen molar-refractivity contribution in [2.75, 3.05) is 34.3 Å². The van der Waals surface area contributed by atoms with Gasteiger partial charge in [-0.25, -0.2) is 4.79 Å². The number of thiocarbonyl (C=S) groups is 1. The van der Waals surface area contributed by atoms with E-state index in [0.717, 1.165) is 19.0 Å². The minimum atomic E-state index is -4.56. The third-order valence-electron chi connectivity index (χ3n) is 4.57. The number of methoxy groups -OCH3 is 1. The first-order valence-corrected chi connectivity index (χ1v) is 9.16.